The average Bonchev–Trinajstić information content (AvgIpc) is 3.04. The lowest BCUT2D eigenvalue weighted by Gasteiger charge is -2.38. The highest BCUT2D eigenvalue weighted by Crippen LogP contribution is 2.32. The van der Waals surface area contributed by atoms with Crippen LogP contribution in [0.5, 0.6) is 0 Å². The Morgan fingerprint density at radius 1 is 1.12 bits per heavy atom. The zero-order chi connectivity index (χ0) is 18.1. The Morgan fingerprint density at radius 2 is 1.76 bits per heavy atom. The Bertz CT molecular complexity index is 665. The smallest absolute Gasteiger partial charge is 0.281 e. The van der Waals surface area contributed by atoms with Crippen LogP contribution in [0.3, 0.4) is 0 Å². The summed E-state index contributed by atoms with van der Waals surface area (Å²) in [7, 11) is -1.60. The number of para-hydroxylation sites is 1. The fourth-order valence-corrected chi connectivity index (χ4v) is 5.27. The minimum Gasteiger partial charge on any atom is -0.371 e. The van der Waals surface area contributed by atoms with E-state index in [-0.39, 0.29) is 5.41 Å². The van der Waals surface area contributed by atoms with Gasteiger partial charge in [-0.1, -0.05) is 32.0 Å². The normalized spacial score (nSPS) is 24.8. The lowest BCUT2D eigenvalue weighted by Crippen LogP contribution is -2.48. The lowest BCUT2D eigenvalue weighted by atomic mass is 9.83. The highest BCUT2D eigenvalue weighted by molar-refractivity contribution is 7.86. The summed E-state index contributed by atoms with van der Waals surface area (Å²) in [5.74, 6) is 0.390. The third-order valence-electron chi connectivity index (χ3n) is 5.72. The van der Waals surface area contributed by atoms with Crippen molar-refractivity contribution >= 4 is 15.9 Å². The van der Waals surface area contributed by atoms with Crippen LogP contribution in [0.2, 0.25) is 0 Å². The summed E-state index contributed by atoms with van der Waals surface area (Å²) in [5.41, 5.74) is 1.49. The SMILES string of the molecule is CN(CC1CCN(c2ccccc2)C1)S(=O)(=O)N1CCC(C)(C)CC1. The first-order valence-corrected chi connectivity index (χ1v) is 10.7. The summed E-state index contributed by atoms with van der Waals surface area (Å²) in [4.78, 5) is 2.36. The minimum atomic E-state index is -3.33. The van der Waals surface area contributed by atoms with Crippen LogP contribution in [0.25, 0.3) is 0 Å². The molecule has 2 aliphatic heterocycles. The molecule has 5 nitrogen and oxygen atoms in total. The fourth-order valence-electron chi connectivity index (χ4n) is 3.83. The van der Waals surface area contributed by atoms with Crippen molar-refractivity contribution in [2.45, 2.75) is 33.1 Å². The van der Waals surface area contributed by atoms with Crippen LogP contribution in [-0.4, -0.2) is 56.8 Å². The first-order chi connectivity index (χ1) is 11.8. The zero-order valence-corrected chi connectivity index (χ0v) is 16.5. The van der Waals surface area contributed by atoms with Gasteiger partial charge in [0.15, 0.2) is 0 Å². The molecule has 2 heterocycles. The summed E-state index contributed by atoms with van der Waals surface area (Å²) in [6.45, 7) is 8.25. The molecule has 1 aromatic carbocycles. The van der Waals surface area contributed by atoms with Crippen LogP contribution in [0.15, 0.2) is 30.3 Å². The maximum Gasteiger partial charge on any atom is 0.281 e. The summed E-state index contributed by atoms with van der Waals surface area (Å²) in [6, 6.07) is 10.4. The van der Waals surface area contributed by atoms with E-state index in [1.807, 2.05) is 6.07 Å². The number of anilines is 1. The Kier molecular flexibility index (Phi) is 5.42. The molecule has 0 aliphatic carbocycles. The third kappa shape index (κ3) is 4.36. The lowest BCUT2D eigenvalue weighted by molar-refractivity contribution is 0.187. The molecule has 0 bridgehead atoms. The van der Waals surface area contributed by atoms with Gasteiger partial charge in [-0.15, -0.1) is 0 Å². The van der Waals surface area contributed by atoms with E-state index in [2.05, 4.69) is 43.0 Å². The third-order valence-corrected chi connectivity index (χ3v) is 7.67. The second-order valence-electron chi connectivity index (χ2n) is 8.29. The van der Waals surface area contributed by atoms with Crippen LogP contribution < -0.4 is 4.90 Å². The van der Waals surface area contributed by atoms with Gasteiger partial charge in [0.25, 0.3) is 10.2 Å². The summed E-state index contributed by atoms with van der Waals surface area (Å²) in [5, 5.41) is 0. The molecule has 0 amide bonds. The predicted molar refractivity (Wildman–Crippen MR) is 103 cm³/mol. The standard InChI is InChI=1S/C19H31N3O2S/c1-19(2)10-13-22(14-11-19)25(23,24)20(3)15-17-9-12-21(16-17)18-7-5-4-6-8-18/h4-8,17H,9-16H2,1-3H3. The number of benzene rings is 1. The molecule has 0 radical (unpaired) electrons. The van der Waals surface area contributed by atoms with Crippen molar-refractivity contribution in [1.82, 2.24) is 8.61 Å². The number of hydrogen-bond donors (Lipinski definition) is 0. The van der Waals surface area contributed by atoms with Crippen molar-refractivity contribution in [2.75, 3.05) is 44.7 Å². The predicted octanol–water partition coefficient (Wildman–Crippen LogP) is 2.81. The van der Waals surface area contributed by atoms with E-state index in [0.717, 1.165) is 32.4 Å². The molecular formula is C19H31N3O2S. The highest BCUT2D eigenvalue weighted by Gasteiger charge is 2.35. The van der Waals surface area contributed by atoms with Crippen molar-refractivity contribution in [1.29, 1.82) is 0 Å². The molecular weight excluding hydrogens is 334 g/mol. The van der Waals surface area contributed by atoms with Crippen LogP contribution in [-0.2, 0) is 10.2 Å². The van der Waals surface area contributed by atoms with Gasteiger partial charge in [0.1, 0.15) is 0 Å². The molecule has 1 unspecified atom stereocenters. The number of nitrogens with zero attached hydrogens (tertiary/aromatic N) is 3. The van der Waals surface area contributed by atoms with Gasteiger partial charge in [0.05, 0.1) is 0 Å². The van der Waals surface area contributed by atoms with E-state index in [1.54, 1.807) is 15.7 Å². The second kappa shape index (κ2) is 7.25. The monoisotopic (exact) mass is 365 g/mol. The maximum absolute atomic E-state index is 12.9. The van der Waals surface area contributed by atoms with Crippen molar-refractivity contribution in [3.63, 3.8) is 0 Å². The largest absolute Gasteiger partial charge is 0.371 e. The Labute approximate surface area is 152 Å². The molecule has 0 aromatic heterocycles. The van der Waals surface area contributed by atoms with Gasteiger partial charge in [-0.25, -0.2) is 0 Å². The zero-order valence-electron chi connectivity index (χ0n) is 15.7. The van der Waals surface area contributed by atoms with E-state index in [1.165, 1.54) is 5.69 Å². The first kappa shape index (κ1) is 18.7. The molecule has 3 rings (SSSR count). The summed E-state index contributed by atoms with van der Waals surface area (Å²) < 4.78 is 29.0. The van der Waals surface area contributed by atoms with E-state index in [9.17, 15) is 8.42 Å². The van der Waals surface area contributed by atoms with Crippen molar-refractivity contribution in [3.05, 3.63) is 30.3 Å². The maximum atomic E-state index is 12.9. The molecule has 1 atom stereocenters. The average molecular weight is 366 g/mol. The second-order valence-corrected chi connectivity index (χ2v) is 10.3. The molecule has 1 aromatic rings. The highest BCUT2D eigenvalue weighted by atomic mass is 32.2. The van der Waals surface area contributed by atoms with Gasteiger partial charge >= 0.3 is 0 Å². The number of piperidine rings is 1. The van der Waals surface area contributed by atoms with Crippen molar-refractivity contribution in [2.24, 2.45) is 11.3 Å². The fraction of sp³-hybridized carbons (Fsp3) is 0.684. The number of rotatable bonds is 5. The summed E-state index contributed by atoms with van der Waals surface area (Å²) >= 11 is 0. The molecule has 0 spiro atoms. The van der Waals surface area contributed by atoms with Gasteiger partial charge in [-0.05, 0) is 42.7 Å². The Hall–Kier alpha value is -1.11. The molecule has 6 heteroatoms. The van der Waals surface area contributed by atoms with Gasteiger partial charge in [0, 0.05) is 45.5 Å². The van der Waals surface area contributed by atoms with E-state index >= 15 is 0 Å². The van der Waals surface area contributed by atoms with Gasteiger partial charge in [-0.2, -0.15) is 17.0 Å². The molecule has 140 valence electrons. The molecule has 2 fully saturated rings. The van der Waals surface area contributed by atoms with E-state index < -0.39 is 10.2 Å². The Balaban J connectivity index is 1.56. The van der Waals surface area contributed by atoms with Crippen LogP contribution in [0.1, 0.15) is 33.1 Å². The molecule has 2 aliphatic rings. The minimum absolute atomic E-state index is 0.256. The number of hydrogen-bond acceptors (Lipinski definition) is 3. The first-order valence-electron chi connectivity index (χ1n) is 9.29. The molecule has 0 saturated carbocycles. The van der Waals surface area contributed by atoms with Gasteiger partial charge in [-0.3, -0.25) is 0 Å². The Morgan fingerprint density at radius 3 is 2.40 bits per heavy atom. The quantitative estimate of drug-likeness (QED) is 0.806. The molecule has 2 saturated heterocycles. The molecule has 0 N–H and O–H groups in total. The molecule has 25 heavy (non-hydrogen) atoms. The van der Waals surface area contributed by atoms with Crippen molar-refractivity contribution < 1.29 is 8.42 Å². The van der Waals surface area contributed by atoms with Crippen LogP contribution >= 0.6 is 0 Å². The topological polar surface area (TPSA) is 43.9 Å². The van der Waals surface area contributed by atoms with Crippen LogP contribution in [0, 0.1) is 11.3 Å². The summed E-state index contributed by atoms with van der Waals surface area (Å²) in [6.07, 6.45) is 2.92. The van der Waals surface area contributed by atoms with E-state index in [4.69, 9.17) is 0 Å². The van der Waals surface area contributed by atoms with E-state index in [0.29, 0.717) is 25.6 Å². The van der Waals surface area contributed by atoms with Gasteiger partial charge < -0.3 is 4.90 Å². The van der Waals surface area contributed by atoms with Crippen molar-refractivity contribution in [3.8, 4) is 0 Å². The van der Waals surface area contributed by atoms with Crippen LogP contribution in [0.4, 0.5) is 5.69 Å². The van der Waals surface area contributed by atoms with Gasteiger partial charge in [0.2, 0.25) is 0 Å².